The first-order valence-electron chi connectivity index (χ1n) is 6.31. The first kappa shape index (κ1) is 13.2. The van der Waals surface area contributed by atoms with Gasteiger partial charge in [0.2, 0.25) is 0 Å². The predicted molar refractivity (Wildman–Crippen MR) is 92.0 cm³/mol. The number of rotatable bonds is 2. The SMILES string of the molecule is CCOc1ccc2nc3c([125I])c(N)ccc3c(N)c2c1. The lowest BCUT2D eigenvalue weighted by Gasteiger charge is -2.11. The summed E-state index contributed by atoms with van der Waals surface area (Å²) in [6.07, 6.45) is 0. The van der Waals surface area contributed by atoms with Crippen LogP contribution in [0.15, 0.2) is 30.3 Å². The summed E-state index contributed by atoms with van der Waals surface area (Å²) in [5.41, 5.74) is 15.4. The van der Waals surface area contributed by atoms with Crippen LogP contribution in [0, 0.1) is 3.57 Å². The first-order chi connectivity index (χ1) is 9.61. The number of hydrogen-bond donors (Lipinski definition) is 2. The smallest absolute Gasteiger partial charge is 0.120 e. The minimum atomic E-state index is 0.626. The van der Waals surface area contributed by atoms with Crippen molar-refractivity contribution in [1.29, 1.82) is 0 Å². The molecule has 0 radical (unpaired) electrons. The fraction of sp³-hybridized carbons (Fsp3) is 0.133. The lowest BCUT2D eigenvalue weighted by molar-refractivity contribution is 0.341. The topological polar surface area (TPSA) is 74.2 Å². The quantitative estimate of drug-likeness (QED) is 0.407. The Bertz CT molecular complexity index is 817. The maximum absolute atomic E-state index is 6.30. The molecule has 3 rings (SSSR count). The van der Waals surface area contributed by atoms with Gasteiger partial charge < -0.3 is 16.2 Å². The molecule has 2 aromatic carbocycles. The second-order valence-corrected chi connectivity index (χ2v) is 5.58. The molecule has 0 spiro atoms. The summed E-state index contributed by atoms with van der Waals surface area (Å²) in [6, 6.07) is 9.55. The van der Waals surface area contributed by atoms with Crippen LogP contribution >= 0.6 is 22.6 Å². The van der Waals surface area contributed by atoms with Crippen molar-refractivity contribution < 1.29 is 4.74 Å². The van der Waals surface area contributed by atoms with Crippen molar-refractivity contribution >= 4 is 55.8 Å². The Labute approximate surface area is 130 Å². The number of nitrogens with two attached hydrogens (primary N) is 2. The summed E-state index contributed by atoms with van der Waals surface area (Å²) in [5.74, 6) is 0.804. The van der Waals surface area contributed by atoms with Crippen LogP contribution in [0.1, 0.15) is 6.92 Å². The minimum absolute atomic E-state index is 0.626. The van der Waals surface area contributed by atoms with Crippen LogP contribution in [0.25, 0.3) is 21.8 Å². The Balaban J connectivity index is 2.38. The van der Waals surface area contributed by atoms with E-state index in [1.165, 1.54) is 0 Å². The van der Waals surface area contributed by atoms with E-state index in [4.69, 9.17) is 16.2 Å². The van der Waals surface area contributed by atoms with E-state index in [1.54, 1.807) is 0 Å². The lowest BCUT2D eigenvalue weighted by atomic mass is 10.1. The predicted octanol–water partition coefficient (Wildman–Crippen LogP) is 3.56. The second kappa shape index (κ2) is 4.97. The van der Waals surface area contributed by atoms with Gasteiger partial charge in [-0.05, 0) is 59.8 Å². The van der Waals surface area contributed by atoms with Gasteiger partial charge in [0.15, 0.2) is 0 Å². The molecule has 0 aliphatic heterocycles. The Morgan fingerprint density at radius 2 is 1.95 bits per heavy atom. The second-order valence-electron chi connectivity index (χ2n) is 4.50. The number of nitrogens with zero attached hydrogens (tertiary/aromatic N) is 1. The molecule has 4 nitrogen and oxygen atoms in total. The summed E-state index contributed by atoms with van der Waals surface area (Å²) in [5, 5.41) is 1.83. The Hall–Kier alpha value is -1.76. The molecule has 0 atom stereocenters. The van der Waals surface area contributed by atoms with Crippen LogP contribution in [-0.2, 0) is 0 Å². The van der Waals surface area contributed by atoms with Gasteiger partial charge >= 0.3 is 0 Å². The standard InChI is InChI=1S/C15H14IN3O/c1-2-20-8-3-6-12-10(7-8)14(18)9-4-5-11(17)13(16)15(9)19-12/h3-7H,2,17H2,1H3,(H2,18,19)/i16-2. The highest BCUT2D eigenvalue weighted by Gasteiger charge is 2.11. The van der Waals surface area contributed by atoms with E-state index in [9.17, 15) is 0 Å². The number of anilines is 2. The summed E-state index contributed by atoms with van der Waals surface area (Å²) in [6.45, 7) is 2.58. The first-order valence-corrected chi connectivity index (χ1v) is 7.39. The van der Waals surface area contributed by atoms with Crippen LogP contribution < -0.4 is 16.2 Å². The van der Waals surface area contributed by atoms with Crippen molar-refractivity contribution in [2.45, 2.75) is 6.92 Å². The Kier molecular flexibility index (Phi) is 3.29. The van der Waals surface area contributed by atoms with Gasteiger partial charge in [-0.1, -0.05) is 0 Å². The molecule has 0 saturated carbocycles. The number of nitrogen functional groups attached to an aromatic ring is 2. The summed E-state index contributed by atoms with van der Waals surface area (Å²) in [7, 11) is 0. The third kappa shape index (κ3) is 2.02. The van der Waals surface area contributed by atoms with Gasteiger partial charge in [0.1, 0.15) is 5.75 Å². The van der Waals surface area contributed by atoms with E-state index in [-0.39, 0.29) is 0 Å². The van der Waals surface area contributed by atoms with E-state index in [2.05, 4.69) is 27.6 Å². The van der Waals surface area contributed by atoms with Gasteiger partial charge in [0.05, 0.1) is 26.9 Å². The molecule has 20 heavy (non-hydrogen) atoms. The number of ether oxygens (including phenoxy) is 1. The monoisotopic (exact) mass is 377 g/mol. The molecule has 1 heterocycles. The van der Waals surface area contributed by atoms with Crippen LogP contribution in [0.4, 0.5) is 11.4 Å². The molecule has 0 amide bonds. The normalized spacial score (nSPS) is 11.1. The molecule has 4 N–H and O–H groups in total. The van der Waals surface area contributed by atoms with E-state index >= 15 is 0 Å². The van der Waals surface area contributed by atoms with Crippen LogP contribution in [-0.4, -0.2) is 11.6 Å². The Morgan fingerprint density at radius 1 is 1.15 bits per heavy atom. The molecule has 1 aromatic heterocycles. The van der Waals surface area contributed by atoms with Crippen LogP contribution in [0.2, 0.25) is 0 Å². The highest BCUT2D eigenvalue weighted by molar-refractivity contribution is 14.1. The fourth-order valence-electron chi connectivity index (χ4n) is 2.26. The molecule has 0 fully saturated rings. The zero-order valence-corrected chi connectivity index (χ0v) is 13.1. The lowest BCUT2D eigenvalue weighted by Crippen LogP contribution is -1.98. The molecule has 3 aromatic rings. The number of halogens is 1. The number of aromatic nitrogens is 1. The van der Waals surface area contributed by atoms with Crippen LogP contribution in [0.3, 0.4) is 0 Å². The van der Waals surface area contributed by atoms with Gasteiger partial charge in [0.25, 0.3) is 0 Å². The molecular formula is C15H14IN3O. The molecule has 0 bridgehead atoms. The number of fused-ring (bicyclic) bond motifs is 2. The van der Waals surface area contributed by atoms with Crippen molar-refractivity contribution in [2.75, 3.05) is 18.1 Å². The molecule has 102 valence electrons. The summed E-state index contributed by atoms with van der Waals surface area (Å²) in [4.78, 5) is 4.68. The largest absolute Gasteiger partial charge is 0.494 e. The van der Waals surface area contributed by atoms with E-state index in [1.807, 2.05) is 37.3 Å². The van der Waals surface area contributed by atoms with Crippen molar-refractivity contribution in [3.8, 4) is 5.75 Å². The number of pyridine rings is 1. The summed E-state index contributed by atoms with van der Waals surface area (Å²) < 4.78 is 6.45. The summed E-state index contributed by atoms with van der Waals surface area (Å²) >= 11 is 2.20. The maximum atomic E-state index is 6.30. The van der Waals surface area contributed by atoms with Gasteiger partial charge in [-0.15, -0.1) is 0 Å². The van der Waals surface area contributed by atoms with E-state index in [0.717, 1.165) is 36.8 Å². The molecule has 0 aliphatic carbocycles. The zero-order chi connectivity index (χ0) is 14.3. The molecule has 0 saturated heterocycles. The van der Waals surface area contributed by atoms with Crippen LogP contribution in [0.5, 0.6) is 5.75 Å². The van der Waals surface area contributed by atoms with E-state index in [0.29, 0.717) is 12.3 Å². The number of benzene rings is 2. The third-order valence-corrected chi connectivity index (χ3v) is 4.37. The van der Waals surface area contributed by atoms with Crippen molar-refractivity contribution in [2.24, 2.45) is 0 Å². The van der Waals surface area contributed by atoms with Gasteiger partial charge in [-0.3, -0.25) is 0 Å². The van der Waals surface area contributed by atoms with Gasteiger partial charge in [-0.2, -0.15) is 0 Å². The van der Waals surface area contributed by atoms with Crippen molar-refractivity contribution in [3.05, 3.63) is 33.9 Å². The highest BCUT2D eigenvalue weighted by atomic mass is 125. The maximum Gasteiger partial charge on any atom is 0.120 e. The van der Waals surface area contributed by atoms with E-state index < -0.39 is 0 Å². The molecule has 0 unspecified atom stereocenters. The van der Waals surface area contributed by atoms with Gasteiger partial charge in [0, 0.05) is 16.5 Å². The minimum Gasteiger partial charge on any atom is -0.494 e. The molecular weight excluding hydrogens is 363 g/mol. The average molecular weight is 377 g/mol. The molecule has 5 heteroatoms. The average Bonchev–Trinajstić information content (AvgIpc) is 2.45. The Morgan fingerprint density at radius 3 is 2.70 bits per heavy atom. The highest BCUT2D eigenvalue weighted by Crippen LogP contribution is 2.34. The van der Waals surface area contributed by atoms with Crippen molar-refractivity contribution in [1.82, 2.24) is 4.98 Å². The zero-order valence-electron chi connectivity index (χ0n) is 11.0. The van der Waals surface area contributed by atoms with Gasteiger partial charge in [-0.25, -0.2) is 4.98 Å². The third-order valence-electron chi connectivity index (χ3n) is 3.24. The molecule has 0 aliphatic rings. The fourth-order valence-corrected chi connectivity index (χ4v) is 2.85. The number of hydrogen-bond acceptors (Lipinski definition) is 4. The van der Waals surface area contributed by atoms with Crippen molar-refractivity contribution in [3.63, 3.8) is 0 Å².